The number of ether oxygens (including phenoxy) is 2. The van der Waals surface area contributed by atoms with Gasteiger partial charge in [-0.15, -0.1) is 24.0 Å². The van der Waals surface area contributed by atoms with E-state index in [1.165, 1.54) is 38.8 Å². The summed E-state index contributed by atoms with van der Waals surface area (Å²) in [6.45, 7) is 7.84. The fourth-order valence-electron chi connectivity index (χ4n) is 3.11. The highest BCUT2D eigenvalue weighted by Crippen LogP contribution is 2.11. The summed E-state index contributed by atoms with van der Waals surface area (Å²) in [7, 11) is 1.82. The molecule has 0 radical (unpaired) electrons. The Balaban J connectivity index is 0.00000288. The first kappa shape index (κ1) is 21.9. The number of hydrogen-bond donors (Lipinski definition) is 2. The molecule has 2 fully saturated rings. The molecule has 2 rings (SSSR count). The Morgan fingerprint density at radius 1 is 1.17 bits per heavy atom. The SMILES string of the molecule is CN=C(NCCCOCC1CCCO1)NCCN1CCCCC1.I. The molecule has 0 bridgehead atoms. The summed E-state index contributed by atoms with van der Waals surface area (Å²) >= 11 is 0. The summed E-state index contributed by atoms with van der Waals surface area (Å²) in [6, 6.07) is 0. The van der Waals surface area contributed by atoms with Crippen molar-refractivity contribution in [3.8, 4) is 0 Å². The van der Waals surface area contributed by atoms with Gasteiger partial charge in [-0.2, -0.15) is 0 Å². The zero-order chi connectivity index (χ0) is 16.2. The first-order valence-corrected chi connectivity index (χ1v) is 9.24. The minimum Gasteiger partial charge on any atom is -0.379 e. The van der Waals surface area contributed by atoms with Crippen molar-refractivity contribution >= 4 is 29.9 Å². The lowest BCUT2D eigenvalue weighted by molar-refractivity contribution is 0.0168. The lowest BCUT2D eigenvalue weighted by atomic mass is 10.1. The van der Waals surface area contributed by atoms with E-state index < -0.39 is 0 Å². The highest BCUT2D eigenvalue weighted by Gasteiger charge is 2.14. The van der Waals surface area contributed by atoms with Crippen molar-refractivity contribution in [3.63, 3.8) is 0 Å². The van der Waals surface area contributed by atoms with E-state index >= 15 is 0 Å². The van der Waals surface area contributed by atoms with Crippen LogP contribution >= 0.6 is 24.0 Å². The van der Waals surface area contributed by atoms with E-state index in [1.807, 2.05) is 7.05 Å². The van der Waals surface area contributed by atoms with E-state index in [9.17, 15) is 0 Å². The zero-order valence-electron chi connectivity index (χ0n) is 15.1. The van der Waals surface area contributed by atoms with Crippen LogP contribution in [0.1, 0.15) is 38.5 Å². The smallest absolute Gasteiger partial charge is 0.191 e. The third-order valence-corrected chi connectivity index (χ3v) is 4.48. The first-order valence-electron chi connectivity index (χ1n) is 9.24. The van der Waals surface area contributed by atoms with Crippen LogP contribution in [0, 0.1) is 0 Å². The molecule has 2 aliphatic heterocycles. The second-order valence-electron chi connectivity index (χ2n) is 6.39. The van der Waals surface area contributed by atoms with Gasteiger partial charge >= 0.3 is 0 Å². The van der Waals surface area contributed by atoms with Crippen LogP contribution in [0.4, 0.5) is 0 Å². The Hall–Kier alpha value is -0.120. The maximum Gasteiger partial charge on any atom is 0.191 e. The predicted octanol–water partition coefficient (Wildman–Crippen LogP) is 1.84. The standard InChI is InChI=1S/C17H34N4O2.HI/c1-18-17(20-9-12-21-10-3-2-4-11-21)19-8-6-13-22-15-16-7-5-14-23-16;/h16H,2-15H2,1H3,(H2,18,19,20);1H. The predicted molar refractivity (Wildman–Crippen MR) is 109 cm³/mol. The molecule has 1 unspecified atom stereocenters. The van der Waals surface area contributed by atoms with Crippen LogP contribution in [0.5, 0.6) is 0 Å². The Labute approximate surface area is 164 Å². The molecule has 24 heavy (non-hydrogen) atoms. The van der Waals surface area contributed by atoms with Crippen LogP contribution in [0.2, 0.25) is 0 Å². The number of aliphatic imine (C=N–C) groups is 1. The Bertz CT molecular complexity index is 333. The van der Waals surface area contributed by atoms with Gasteiger partial charge in [0.2, 0.25) is 0 Å². The minimum atomic E-state index is 0. The van der Waals surface area contributed by atoms with Crippen molar-refractivity contribution in [1.29, 1.82) is 0 Å². The molecule has 1 atom stereocenters. The number of hydrogen-bond acceptors (Lipinski definition) is 4. The number of likely N-dealkylation sites (tertiary alicyclic amines) is 1. The van der Waals surface area contributed by atoms with E-state index in [2.05, 4.69) is 20.5 Å². The molecule has 6 nitrogen and oxygen atoms in total. The van der Waals surface area contributed by atoms with Crippen LogP contribution in [-0.4, -0.2) is 76.6 Å². The minimum absolute atomic E-state index is 0. The lowest BCUT2D eigenvalue weighted by Gasteiger charge is -2.26. The highest BCUT2D eigenvalue weighted by molar-refractivity contribution is 14.0. The van der Waals surface area contributed by atoms with Gasteiger partial charge in [0.25, 0.3) is 0 Å². The Kier molecular flexibility index (Phi) is 12.9. The molecule has 2 aliphatic rings. The van der Waals surface area contributed by atoms with Gasteiger partial charge in [0.05, 0.1) is 12.7 Å². The maximum absolute atomic E-state index is 5.66. The van der Waals surface area contributed by atoms with Crippen LogP contribution in [-0.2, 0) is 9.47 Å². The third-order valence-electron chi connectivity index (χ3n) is 4.48. The van der Waals surface area contributed by atoms with E-state index in [0.29, 0.717) is 6.10 Å². The molecule has 2 saturated heterocycles. The quantitative estimate of drug-likeness (QED) is 0.241. The average molecular weight is 454 g/mol. The molecule has 2 N–H and O–H groups in total. The van der Waals surface area contributed by atoms with Crippen LogP contribution in [0.15, 0.2) is 4.99 Å². The molecule has 0 aromatic heterocycles. The third kappa shape index (κ3) is 9.39. The largest absolute Gasteiger partial charge is 0.379 e. The van der Waals surface area contributed by atoms with Gasteiger partial charge in [-0.25, -0.2) is 0 Å². The van der Waals surface area contributed by atoms with Gasteiger partial charge < -0.3 is 25.0 Å². The molecule has 2 heterocycles. The van der Waals surface area contributed by atoms with Gasteiger partial charge in [0.15, 0.2) is 5.96 Å². The first-order chi connectivity index (χ1) is 11.4. The second kappa shape index (κ2) is 14.1. The number of piperidine rings is 1. The number of nitrogens with zero attached hydrogens (tertiary/aromatic N) is 2. The summed E-state index contributed by atoms with van der Waals surface area (Å²) < 4.78 is 11.2. The number of halogens is 1. The van der Waals surface area contributed by atoms with E-state index in [-0.39, 0.29) is 24.0 Å². The number of guanidine groups is 1. The summed E-state index contributed by atoms with van der Waals surface area (Å²) in [5, 5.41) is 6.73. The summed E-state index contributed by atoms with van der Waals surface area (Å²) in [4.78, 5) is 6.80. The van der Waals surface area contributed by atoms with Gasteiger partial charge in [0.1, 0.15) is 0 Å². The second-order valence-corrected chi connectivity index (χ2v) is 6.39. The summed E-state index contributed by atoms with van der Waals surface area (Å²) in [5.41, 5.74) is 0. The van der Waals surface area contributed by atoms with Crippen molar-refractivity contribution in [2.45, 2.75) is 44.6 Å². The maximum atomic E-state index is 5.66. The van der Waals surface area contributed by atoms with Crippen LogP contribution in [0.3, 0.4) is 0 Å². The molecular weight excluding hydrogens is 419 g/mol. The Morgan fingerprint density at radius 2 is 1.96 bits per heavy atom. The molecule has 7 heteroatoms. The normalized spacial score (nSPS) is 22.2. The van der Waals surface area contributed by atoms with Gasteiger partial charge in [-0.05, 0) is 45.2 Å². The number of nitrogens with one attached hydrogen (secondary N) is 2. The molecular formula is C17H35IN4O2. The lowest BCUT2D eigenvalue weighted by Crippen LogP contribution is -2.43. The molecule has 142 valence electrons. The van der Waals surface area contributed by atoms with Crippen molar-refractivity contribution in [2.24, 2.45) is 4.99 Å². The van der Waals surface area contributed by atoms with Crippen molar-refractivity contribution in [1.82, 2.24) is 15.5 Å². The van der Waals surface area contributed by atoms with Gasteiger partial charge in [0, 0.05) is 39.9 Å². The monoisotopic (exact) mass is 454 g/mol. The average Bonchev–Trinajstić information content (AvgIpc) is 3.10. The van der Waals surface area contributed by atoms with E-state index in [0.717, 1.165) is 58.3 Å². The topological polar surface area (TPSA) is 58.1 Å². The van der Waals surface area contributed by atoms with Gasteiger partial charge in [-0.1, -0.05) is 6.42 Å². The molecule has 0 amide bonds. The van der Waals surface area contributed by atoms with Gasteiger partial charge in [-0.3, -0.25) is 4.99 Å². The molecule has 0 spiro atoms. The zero-order valence-corrected chi connectivity index (χ0v) is 17.4. The molecule has 0 saturated carbocycles. The summed E-state index contributed by atoms with van der Waals surface area (Å²) in [6.07, 6.45) is 7.72. The molecule has 0 aromatic carbocycles. The van der Waals surface area contributed by atoms with Crippen molar-refractivity contribution in [3.05, 3.63) is 0 Å². The van der Waals surface area contributed by atoms with E-state index in [1.54, 1.807) is 0 Å². The fraction of sp³-hybridized carbons (Fsp3) is 0.941. The van der Waals surface area contributed by atoms with E-state index in [4.69, 9.17) is 9.47 Å². The Morgan fingerprint density at radius 3 is 2.67 bits per heavy atom. The fourth-order valence-corrected chi connectivity index (χ4v) is 3.11. The van der Waals surface area contributed by atoms with Crippen molar-refractivity contribution in [2.75, 3.05) is 59.6 Å². The van der Waals surface area contributed by atoms with Crippen LogP contribution in [0.25, 0.3) is 0 Å². The number of rotatable bonds is 9. The molecule has 0 aromatic rings. The molecule has 0 aliphatic carbocycles. The van der Waals surface area contributed by atoms with Crippen molar-refractivity contribution < 1.29 is 9.47 Å². The summed E-state index contributed by atoms with van der Waals surface area (Å²) in [5.74, 6) is 0.890. The highest BCUT2D eigenvalue weighted by atomic mass is 127. The van der Waals surface area contributed by atoms with Crippen LogP contribution < -0.4 is 10.6 Å².